The molecule has 2 aromatic carbocycles. The van der Waals surface area contributed by atoms with Gasteiger partial charge >= 0.3 is 5.97 Å². The Labute approximate surface area is 192 Å². The molecule has 1 atom stereocenters. The van der Waals surface area contributed by atoms with Gasteiger partial charge in [0.25, 0.3) is 5.91 Å². The van der Waals surface area contributed by atoms with Crippen molar-refractivity contribution in [2.24, 2.45) is 5.73 Å². The zero-order valence-corrected chi connectivity index (χ0v) is 18.5. The molecule has 0 bridgehead atoms. The van der Waals surface area contributed by atoms with Crippen molar-refractivity contribution in [2.45, 2.75) is 31.7 Å². The number of nitrogens with one attached hydrogen (secondary N) is 3. The molecular weight excluding hydrogens is 430 g/mol. The van der Waals surface area contributed by atoms with Gasteiger partial charge in [0.2, 0.25) is 0 Å². The standard InChI is InChI=1S/C23H28ClN5O3/c24-16-6-9-20(27-14-18-3-1-2-11-29(18)12-10-21(30)31)19(13-16)23(32)28-17-7-4-15(5-8-17)22(25)26/h4-9,13,18,27H,1-3,10-12,14H2,(H3,25,26)(H,28,32)(H,30,31)/t18-/m0/s1. The fourth-order valence-electron chi connectivity index (χ4n) is 3.84. The van der Waals surface area contributed by atoms with Crippen LogP contribution in [0.4, 0.5) is 11.4 Å². The molecule has 8 nitrogen and oxygen atoms in total. The third kappa shape index (κ3) is 6.45. The zero-order valence-electron chi connectivity index (χ0n) is 17.7. The lowest BCUT2D eigenvalue weighted by atomic mass is 10.0. The molecule has 1 fully saturated rings. The van der Waals surface area contributed by atoms with Crippen LogP contribution in [-0.4, -0.2) is 53.4 Å². The Morgan fingerprint density at radius 3 is 2.62 bits per heavy atom. The quantitative estimate of drug-likeness (QED) is 0.288. The number of nitrogens with zero attached hydrogens (tertiary/aromatic N) is 1. The average molecular weight is 458 g/mol. The van der Waals surface area contributed by atoms with E-state index in [0.717, 1.165) is 25.8 Å². The number of amidine groups is 1. The molecule has 0 aromatic heterocycles. The summed E-state index contributed by atoms with van der Waals surface area (Å²) in [6, 6.07) is 12.0. The molecule has 1 aliphatic rings. The van der Waals surface area contributed by atoms with Gasteiger partial charge < -0.3 is 21.5 Å². The molecule has 6 N–H and O–H groups in total. The second-order valence-electron chi connectivity index (χ2n) is 7.85. The van der Waals surface area contributed by atoms with E-state index < -0.39 is 5.97 Å². The number of anilines is 2. The van der Waals surface area contributed by atoms with Crippen LogP contribution in [0.25, 0.3) is 0 Å². The molecule has 1 heterocycles. The van der Waals surface area contributed by atoms with Crippen molar-refractivity contribution in [3.63, 3.8) is 0 Å². The Morgan fingerprint density at radius 2 is 1.94 bits per heavy atom. The molecule has 2 aromatic rings. The largest absolute Gasteiger partial charge is 0.481 e. The van der Waals surface area contributed by atoms with Crippen molar-refractivity contribution in [3.8, 4) is 0 Å². The second-order valence-corrected chi connectivity index (χ2v) is 8.28. The minimum absolute atomic E-state index is 0.0377. The van der Waals surface area contributed by atoms with Gasteiger partial charge in [-0.25, -0.2) is 0 Å². The summed E-state index contributed by atoms with van der Waals surface area (Å²) in [5.74, 6) is -1.14. The van der Waals surface area contributed by atoms with E-state index in [9.17, 15) is 9.59 Å². The number of carbonyl (C=O) groups is 2. The Hall–Kier alpha value is -3.10. The van der Waals surface area contributed by atoms with Crippen molar-refractivity contribution >= 4 is 40.7 Å². The number of likely N-dealkylation sites (tertiary alicyclic amines) is 1. The molecule has 0 spiro atoms. The van der Waals surface area contributed by atoms with Crippen LogP contribution < -0.4 is 16.4 Å². The highest BCUT2D eigenvalue weighted by atomic mass is 35.5. The van der Waals surface area contributed by atoms with Gasteiger partial charge in [-0.3, -0.25) is 19.9 Å². The van der Waals surface area contributed by atoms with Crippen LogP contribution in [0.1, 0.15) is 41.6 Å². The Bertz CT molecular complexity index is 980. The molecule has 170 valence electrons. The number of rotatable bonds is 9. The number of nitrogen functional groups attached to an aromatic ring is 1. The molecule has 0 aliphatic carbocycles. The van der Waals surface area contributed by atoms with Crippen LogP contribution in [0.2, 0.25) is 5.02 Å². The molecule has 0 unspecified atom stereocenters. The summed E-state index contributed by atoms with van der Waals surface area (Å²) in [6.07, 6.45) is 3.25. The topological polar surface area (TPSA) is 132 Å². The molecule has 0 saturated carbocycles. The van der Waals surface area contributed by atoms with Crippen molar-refractivity contribution in [1.82, 2.24) is 4.90 Å². The number of piperidine rings is 1. The summed E-state index contributed by atoms with van der Waals surface area (Å²) < 4.78 is 0. The van der Waals surface area contributed by atoms with Gasteiger partial charge in [0.1, 0.15) is 5.84 Å². The fraction of sp³-hybridized carbons (Fsp3) is 0.348. The van der Waals surface area contributed by atoms with Gasteiger partial charge in [0, 0.05) is 41.1 Å². The van der Waals surface area contributed by atoms with Gasteiger partial charge in [-0.1, -0.05) is 18.0 Å². The first-order valence-electron chi connectivity index (χ1n) is 10.6. The lowest BCUT2D eigenvalue weighted by Crippen LogP contribution is -2.44. The third-order valence-electron chi connectivity index (χ3n) is 5.57. The summed E-state index contributed by atoms with van der Waals surface area (Å²) in [7, 11) is 0. The molecule has 1 aliphatic heterocycles. The first-order valence-corrected chi connectivity index (χ1v) is 11.0. The number of carbonyl (C=O) groups excluding carboxylic acids is 1. The molecule has 0 radical (unpaired) electrons. The van der Waals surface area contributed by atoms with Crippen LogP contribution in [0.15, 0.2) is 42.5 Å². The fourth-order valence-corrected chi connectivity index (χ4v) is 4.01. The van der Waals surface area contributed by atoms with E-state index in [2.05, 4.69) is 15.5 Å². The highest BCUT2D eigenvalue weighted by Gasteiger charge is 2.23. The minimum atomic E-state index is -0.796. The van der Waals surface area contributed by atoms with Crippen LogP contribution in [0, 0.1) is 5.41 Å². The molecule has 1 saturated heterocycles. The Kier molecular flexibility index (Phi) is 8.08. The lowest BCUT2D eigenvalue weighted by molar-refractivity contribution is -0.137. The third-order valence-corrected chi connectivity index (χ3v) is 5.81. The van der Waals surface area contributed by atoms with Crippen LogP contribution in [0.3, 0.4) is 0 Å². The number of amides is 1. The van der Waals surface area contributed by atoms with E-state index >= 15 is 0 Å². The number of nitrogens with two attached hydrogens (primary N) is 1. The SMILES string of the molecule is N=C(N)c1ccc(NC(=O)c2cc(Cl)ccc2NC[C@@H]2CCCCN2CCC(=O)O)cc1. The van der Waals surface area contributed by atoms with Crippen molar-refractivity contribution in [1.29, 1.82) is 5.41 Å². The highest BCUT2D eigenvalue weighted by molar-refractivity contribution is 6.31. The maximum atomic E-state index is 12.9. The summed E-state index contributed by atoms with van der Waals surface area (Å²) >= 11 is 6.15. The van der Waals surface area contributed by atoms with Crippen LogP contribution in [0.5, 0.6) is 0 Å². The van der Waals surface area contributed by atoms with Gasteiger partial charge in [-0.05, 0) is 61.9 Å². The Morgan fingerprint density at radius 1 is 1.19 bits per heavy atom. The number of hydrogen-bond acceptors (Lipinski definition) is 5. The summed E-state index contributed by atoms with van der Waals surface area (Å²) in [5, 5.41) is 23.1. The van der Waals surface area contributed by atoms with Crippen molar-refractivity contribution < 1.29 is 14.7 Å². The Balaban J connectivity index is 1.69. The normalized spacial score (nSPS) is 16.3. The molecule has 3 rings (SSSR count). The zero-order chi connectivity index (χ0) is 23.1. The van der Waals surface area contributed by atoms with Crippen molar-refractivity contribution in [3.05, 3.63) is 58.6 Å². The van der Waals surface area contributed by atoms with Crippen LogP contribution >= 0.6 is 11.6 Å². The number of halogens is 1. The van der Waals surface area contributed by atoms with E-state index in [1.807, 2.05) is 0 Å². The molecule has 32 heavy (non-hydrogen) atoms. The number of carboxylic acid groups (broad SMARTS) is 1. The summed E-state index contributed by atoms with van der Waals surface area (Å²) in [5.41, 5.74) is 7.71. The predicted molar refractivity (Wildman–Crippen MR) is 127 cm³/mol. The van der Waals surface area contributed by atoms with Gasteiger partial charge in [-0.15, -0.1) is 0 Å². The summed E-state index contributed by atoms with van der Waals surface area (Å²) in [6.45, 7) is 2.00. The number of carboxylic acids is 1. The van der Waals surface area contributed by atoms with Crippen molar-refractivity contribution in [2.75, 3.05) is 30.3 Å². The number of hydrogen-bond donors (Lipinski definition) is 5. The van der Waals surface area contributed by atoms with Crippen LogP contribution in [-0.2, 0) is 4.79 Å². The smallest absolute Gasteiger partial charge is 0.304 e. The van der Waals surface area contributed by atoms with E-state index in [4.69, 9.17) is 27.9 Å². The minimum Gasteiger partial charge on any atom is -0.481 e. The van der Waals surface area contributed by atoms with E-state index in [0.29, 0.717) is 40.6 Å². The molecule has 1 amide bonds. The van der Waals surface area contributed by atoms with E-state index in [1.165, 1.54) is 0 Å². The first kappa shape index (κ1) is 23.6. The van der Waals surface area contributed by atoms with E-state index in [-0.39, 0.29) is 24.2 Å². The average Bonchev–Trinajstić information content (AvgIpc) is 2.77. The molecule has 9 heteroatoms. The predicted octanol–water partition coefficient (Wildman–Crippen LogP) is 3.62. The van der Waals surface area contributed by atoms with E-state index in [1.54, 1.807) is 42.5 Å². The van der Waals surface area contributed by atoms with Gasteiger partial charge in [-0.2, -0.15) is 0 Å². The lowest BCUT2D eigenvalue weighted by Gasteiger charge is -2.35. The maximum Gasteiger partial charge on any atom is 0.304 e. The first-order chi connectivity index (χ1) is 15.3. The maximum absolute atomic E-state index is 12.9. The second kappa shape index (κ2) is 11.0. The van der Waals surface area contributed by atoms with Gasteiger partial charge in [0.15, 0.2) is 0 Å². The van der Waals surface area contributed by atoms with Gasteiger partial charge in [0.05, 0.1) is 12.0 Å². The molecular formula is C23H28ClN5O3. The summed E-state index contributed by atoms with van der Waals surface area (Å²) in [4.78, 5) is 26.1. The highest BCUT2D eigenvalue weighted by Crippen LogP contribution is 2.24. The monoisotopic (exact) mass is 457 g/mol. The number of aliphatic carboxylic acids is 1. The number of benzene rings is 2.